The molecule has 0 bridgehead atoms. The average molecular weight is 289 g/mol. The number of amides is 1. The maximum Gasteiger partial charge on any atom is 0.331 e. The van der Waals surface area contributed by atoms with Gasteiger partial charge in [-0.05, 0) is 19.1 Å². The second kappa shape index (κ2) is 5.66. The maximum absolute atomic E-state index is 12.2. The topological polar surface area (TPSA) is 104 Å². The van der Waals surface area contributed by atoms with Crippen molar-refractivity contribution >= 4 is 11.9 Å². The van der Waals surface area contributed by atoms with Crippen LogP contribution in [0.4, 0.5) is 0 Å². The van der Waals surface area contributed by atoms with Crippen molar-refractivity contribution in [3.63, 3.8) is 0 Å². The minimum Gasteiger partial charge on any atom is -0.507 e. The highest BCUT2D eigenvalue weighted by atomic mass is 16.4. The standard InChI is InChI=1S/C14H15N3O4/c1-8-3-4-11(18)10(5-8)13(19)16-12(14(20)21)9-6-15-17(2)7-9/h3-7,12,18H,1-2H3,(H,16,19)(H,20,21). The molecule has 2 rings (SSSR count). The number of aryl methyl sites for hydroxylation is 2. The van der Waals surface area contributed by atoms with Gasteiger partial charge in [0.05, 0.1) is 11.8 Å². The number of carbonyl (C=O) groups is 2. The lowest BCUT2D eigenvalue weighted by Crippen LogP contribution is -2.33. The van der Waals surface area contributed by atoms with Crippen LogP contribution in [0, 0.1) is 6.92 Å². The third-order valence-electron chi connectivity index (χ3n) is 2.98. The van der Waals surface area contributed by atoms with Crippen molar-refractivity contribution in [2.45, 2.75) is 13.0 Å². The van der Waals surface area contributed by atoms with Crippen LogP contribution in [0.1, 0.15) is 27.5 Å². The third-order valence-corrected chi connectivity index (χ3v) is 2.98. The van der Waals surface area contributed by atoms with E-state index >= 15 is 0 Å². The Labute approximate surface area is 120 Å². The number of aromatic nitrogens is 2. The normalized spacial score (nSPS) is 11.9. The van der Waals surface area contributed by atoms with Gasteiger partial charge in [0.15, 0.2) is 6.04 Å². The Hall–Kier alpha value is -2.83. The number of hydrogen-bond donors (Lipinski definition) is 3. The Morgan fingerprint density at radius 1 is 1.38 bits per heavy atom. The number of carboxylic acids is 1. The van der Waals surface area contributed by atoms with Crippen molar-refractivity contribution in [2.75, 3.05) is 0 Å². The van der Waals surface area contributed by atoms with Gasteiger partial charge >= 0.3 is 5.97 Å². The number of nitrogens with zero attached hydrogens (tertiary/aromatic N) is 2. The van der Waals surface area contributed by atoms with Crippen LogP contribution in [-0.4, -0.2) is 31.9 Å². The van der Waals surface area contributed by atoms with E-state index in [0.29, 0.717) is 5.56 Å². The number of aliphatic carboxylic acids is 1. The number of benzene rings is 1. The summed E-state index contributed by atoms with van der Waals surface area (Å²) in [5, 5.41) is 25.2. The van der Waals surface area contributed by atoms with Gasteiger partial charge in [-0.3, -0.25) is 9.48 Å². The van der Waals surface area contributed by atoms with Crippen molar-refractivity contribution in [1.82, 2.24) is 15.1 Å². The van der Waals surface area contributed by atoms with E-state index < -0.39 is 17.9 Å². The highest BCUT2D eigenvalue weighted by Crippen LogP contribution is 2.20. The Balaban J connectivity index is 2.27. The van der Waals surface area contributed by atoms with Crippen molar-refractivity contribution in [1.29, 1.82) is 0 Å². The molecule has 0 radical (unpaired) electrons. The maximum atomic E-state index is 12.2. The van der Waals surface area contributed by atoms with Gasteiger partial charge in [0.2, 0.25) is 0 Å². The number of hydrogen-bond acceptors (Lipinski definition) is 4. The molecule has 7 heteroatoms. The fourth-order valence-electron chi connectivity index (χ4n) is 1.92. The summed E-state index contributed by atoms with van der Waals surface area (Å²) in [7, 11) is 1.65. The molecule has 2 aromatic rings. The first-order valence-electron chi connectivity index (χ1n) is 6.20. The van der Waals surface area contributed by atoms with Crippen molar-refractivity contribution in [2.24, 2.45) is 7.05 Å². The molecule has 1 aromatic heterocycles. The summed E-state index contributed by atoms with van der Waals surface area (Å²) in [6, 6.07) is 3.31. The van der Waals surface area contributed by atoms with E-state index in [4.69, 9.17) is 0 Å². The van der Waals surface area contributed by atoms with Gasteiger partial charge in [0.25, 0.3) is 5.91 Å². The number of nitrogens with one attached hydrogen (secondary N) is 1. The van der Waals surface area contributed by atoms with Crippen LogP contribution in [0.25, 0.3) is 0 Å². The second-order valence-corrected chi connectivity index (χ2v) is 4.71. The van der Waals surface area contributed by atoms with E-state index in [0.717, 1.165) is 5.56 Å². The van der Waals surface area contributed by atoms with Crippen LogP contribution < -0.4 is 5.32 Å². The second-order valence-electron chi connectivity index (χ2n) is 4.71. The van der Waals surface area contributed by atoms with Gasteiger partial charge in [-0.15, -0.1) is 0 Å². The number of rotatable bonds is 4. The lowest BCUT2D eigenvalue weighted by atomic mass is 10.1. The number of aromatic hydroxyl groups is 1. The fourth-order valence-corrected chi connectivity index (χ4v) is 1.92. The summed E-state index contributed by atoms with van der Waals surface area (Å²) in [4.78, 5) is 23.5. The highest BCUT2D eigenvalue weighted by Gasteiger charge is 2.25. The van der Waals surface area contributed by atoms with Crippen molar-refractivity contribution in [3.8, 4) is 5.75 Å². The van der Waals surface area contributed by atoms with E-state index in [-0.39, 0.29) is 11.3 Å². The minimum absolute atomic E-state index is 0.0325. The highest BCUT2D eigenvalue weighted by molar-refractivity contribution is 5.99. The zero-order valence-corrected chi connectivity index (χ0v) is 11.6. The van der Waals surface area contributed by atoms with Crippen LogP contribution in [0.15, 0.2) is 30.6 Å². The molecular weight excluding hydrogens is 274 g/mol. The molecule has 3 N–H and O–H groups in total. The molecule has 0 saturated carbocycles. The molecule has 21 heavy (non-hydrogen) atoms. The van der Waals surface area contributed by atoms with Crippen LogP contribution in [-0.2, 0) is 11.8 Å². The quantitative estimate of drug-likeness (QED) is 0.778. The smallest absolute Gasteiger partial charge is 0.331 e. The molecule has 1 unspecified atom stereocenters. The van der Waals surface area contributed by atoms with E-state index in [2.05, 4.69) is 10.4 Å². The Morgan fingerprint density at radius 3 is 2.67 bits per heavy atom. The van der Waals surface area contributed by atoms with Gasteiger partial charge in [-0.2, -0.15) is 5.10 Å². The Morgan fingerprint density at radius 2 is 2.10 bits per heavy atom. The Bertz CT molecular complexity index is 693. The number of phenolic OH excluding ortho intramolecular Hbond substituents is 1. The number of carbonyl (C=O) groups excluding carboxylic acids is 1. The third kappa shape index (κ3) is 3.19. The molecule has 1 amide bonds. The largest absolute Gasteiger partial charge is 0.507 e. The van der Waals surface area contributed by atoms with Crippen molar-refractivity contribution in [3.05, 3.63) is 47.3 Å². The molecule has 7 nitrogen and oxygen atoms in total. The molecule has 0 aliphatic rings. The monoisotopic (exact) mass is 289 g/mol. The zero-order valence-electron chi connectivity index (χ0n) is 11.6. The molecule has 1 aromatic carbocycles. The molecule has 1 heterocycles. The summed E-state index contributed by atoms with van der Waals surface area (Å²) in [6.45, 7) is 1.77. The number of phenols is 1. The van der Waals surface area contributed by atoms with E-state index in [1.807, 2.05) is 0 Å². The molecule has 0 spiro atoms. The Kier molecular flexibility index (Phi) is 3.93. The summed E-state index contributed by atoms with van der Waals surface area (Å²) in [6.07, 6.45) is 2.88. The van der Waals surface area contributed by atoms with Crippen molar-refractivity contribution < 1.29 is 19.8 Å². The summed E-state index contributed by atoms with van der Waals surface area (Å²) in [5.74, 6) is -2.07. The average Bonchev–Trinajstić information content (AvgIpc) is 2.84. The predicted octanol–water partition coefficient (Wildman–Crippen LogP) is 0.990. The van der Waals surface area contributed by atoms with Crippen LogP contribution in [0.2, 0.25) is 0 Å². The van der Waals surface area contributed by atoms with E-state index in [1.165, 1.54) is 29.2 Å². The first kappa shape index (κ1) is 14.6. The summed E-state index contributed by atoms with van der Waals surface area (Å²) < 4.78 is 1.45. The van der Waals surface area contributed by atoms with Gasteiger partial charge in [0.1, 0.15) is 5.75 Å². The molecule has 110 valence electrons. The van der Waals surface area contributed by atoms with Crippen LogP contribution in [0.3, 0.4) is 0 Å². The lowest BCUT2D eigenvalue weighted by Gasteiger charge is -2.13. The summed E-state index contributed by atoms with van der Waals surface area (Å²) in [5.41, 5.74) is 1.17. The van der Waals surface area contributed by atoms with Gasteiger partial charge in [-0.1, -0.05) is 11.6 Å². The minimum atomic E-state index is -1.23. The van der Waals surface area contributed by atoms with E-state index in [1.54, 1.807) is 20.0 Å². The van der Waals surface area contributed by atoms with Crippen LogP contribution in [0.5, 0.6) is 5.75 Å². The molecule has 0 aliphatic heterocycles. The SMILES string of the molecule is Cc1ccc(O)c(C(=O)NC(C(=O)O)c2cnn(C)c2)c1. The van der Waals surface area contributed by atoms with Crippen LogP contribution >= 0.6 is 0 Å². The van der Waals surface area contributed by atoms with Gasteiger partial charge in [-0.25, -0.2) is 4.79 Å². The first-order chi connectivity index (χ1) is 9.88. The molecular formula is C14H15N3O4. The fraction of sp³-hybridized carbons (Fsp3) is 0.214. The molecule has 0 saturated heterocycles. The number of carboxylic acid groups (broad SMARTS) is 1. The van der Waals surface area contributed by atoms with Gasteiger partial charge < -0.3 is 15.5 Å². The first-order valence-corrected chi connectivity index (χ1v) is 6.20. The molecule has 0 fully saturated rings. The molecule has 1 atom stereocenters. The van der Waals surface area contributed by atoms with E-state index in [9.17, 15) is 19.8 Å². The molecule has 0 aliphatic carbocycles. The van der Waals surface area contributed by atoms with Gasteiger partial charge in [0, 0.05) is 18.8 Å². The predicted molar refractivity (Wildman–Crippen MR) is 73.9 cm³/mol. The summed E-state index contributed by atoms with van der Waals surface area (Å²) >= 11 is 0. The zero-order chi connectivity index (χ0) is 15.6. The lowest BCUT2D eigenvalue weighted by molar-refractivity contribution is -0.139.